The summed E-state index contributed by atoms with van der Waals surface area (Å²) in [7, 11) is 0. The molecule has 1 heterocycles. The SMILES string of the molecule is CC(C)CC(C)N1C(C)CCC1C. The van der Waals surface area contributed by atoms with E-state index in [4.69, 9.17) is 0 Å². The number of hydrogen-bond acceptors (Lipinski definition) is 1. The van der Waals surface area contributed by atoms with Crippen LogP contribution in [0.5, 0.6) is 0 Å². The smallest absolute Gasteiger partial charge is 0.00750 e. The van der Waals surface area contributed by atoms with E-state index in [2.05, 4.69) is 39.5 Å². The fraction of sp³-hybridized carbons (Fsp3) is 1.00. The van der Waals surface area contributed by atoms with Crippen LogP contribution in [0.25, 0.3) is 0 Å². The molecule has 1 saturated heterocycles. The summed E-state index contributed by atoms with van der Waals surface area (Å²) in [4.78, 5) is 2.71. The third kappa shape index (κ3) is 2.70. The van der Waals surface area contributed by atoms with Gasteiger partial charge in [-0.15, -0.1) is 0 Å². The number of rotatable bonds is 3. The Morgan fingerprint density at radius 1 is 1.08 bits per heavy atom. The molecule has 0 aliphatic carbocycles. The normalized spacial score (nSPS) is 32.8. The van der Waals surface area contributed by atoms with Crippen LogP contribution in [0.4, 0.5) is 0 Å². The lowest BCUT2D eigenvalue weighted by atomic mass is 10.0. The van der Waals surface area contributed by atoms with Crippen LogP contribution in [0.2, 0.25) is 0 Å². The maximum atomic E-state index is 2.71. The summed E-state index contributed by atoms with van der Waals surface area (Å²) < 4.78 is 0. The number of likely N-dealkylation sites (tertiary alicyclic amines) is 1. The molecule has 1 aliphatic heterocycles. The van der Waals surface area contributed by atoms with E-state index in [1.54, 1.807) is 0 Å². The molecule has 0 radical (unpaired) electrons. The summed E-state index contributed by atoms with van der Waals surface area (Å²) in [5.74, 6) is 0.829. The Kier molecular flexibility index (Phi) is 3.78. The van der Waals surface area contributed by atoms with Crippen LogP contribution in [0.1, 0.15) is 53.9 Å². The Hall–Kier alpha value is -0.0400. The Morgan fingerprint density at radius 2 is 1.54 bits per heavy atom. The van der Waals surface area contributed by atoms with Crippen molar-refractivity contribution >= 4 is 0 Å². The third-order valence-corrected chi connectivity index (χ3v) is 3.34. The lowest BCUT2D eigenvalue weighted by Crippen LogP contribution is -2.40. The van der Waals surface area contributed by atoms with Gasteiger partial charge in [-0.2, -0.15) is 0 Å². The van der Waals surface area contributed by atoms with E-state index >= 15 is 0 Å². The Balaban J connectivity index is 2.48. The Labute approximate surface area is 83.5 Å². The zero-order valence-electron chi connectivity index (χ0n) is 9.88. The van der Waals surface area contributed by atoms with Crippen molar-refractivity contribution in [2.75, 3.05) is 0 Å². The van der Waals surface area contributed by atoms with E-state index in [1.807, 2.05) is 0 Å². The highest BCUT2D eigenvalue weighted by Gasteiger charge is 2.30. The van der Waals surface area contributed by atoms with E-state index in [0.29, 0.717) is 0 Å². The predicted octanol–water partition coefficient (Wildman–Crippen LogP) is 3.29. The number of nitrogens with zero attached hydrogens (tertiary/aromatic N) is 1. The maximum Gasteiger partial charge on any atom is 0.00750 e. The van der Waals surface area contributed by atoms with Gasteiger partial charge in [0.05, 0.1) is 0 Å². The predicted molar refractivity (Wildman–Crippen MR) is 58.9 cm³/mol. The standard InChI is InChI=1S/C12H25N/c1-9(2)8-12(5)13-10(3)6-7-11(13)4/h9-12H,6-8H2,1-5H3. The molecule has 78 valence electrons. The van der Waals surface area contributed by atoms with Gasteiger partial charge in [-0.3, -0.25) is 4.90 Å². The first-order chi connectivity index (χ1) is 6.02. The van der Waals surface area contributed by atoms with Gasteiger partial charge in [0.2, 0.25) is 0 Å². The molecule has 0 bridgehead atoms. The van der Waals surface area contributed by atoms with Gasteiger partial charge >= 0.3 is 0 Å². The van der Waals surface area contributed by atoms with Gasteiger partial charge in [0.25, 0.3) is 0 Å². The van der Waals surface area contributed by atoms with Crippen molar-refractivity contribution in [3.05, 3.63) is 0 Å². The lowest BCUT2D eigenvalue weighted by molar-refractivity contribution is 0.138. The van der Waals surface area contributed by atoms with Crippen molar-refractivity contribution in [3.63, 3.8) is 0 Å². The molecule has 0 saturated carbocycles. The monoisotopic (exact) mass is 183 g/mol. The molecule has 13 heavy (non-hydrogen) atoms. The molecule has 0 N–H and O–H groups in total. The van der Waals surface area contributed by atoms with Crippen molar-refractivity contribution in [2.45, 2.75) is 72.0 Å². The van der Waals surface area contributed by atoms with Crippen LogP contribution in [-0.4, -0.2) is 23.0 Å². The first-order valence-electron chi connectivity index (χ1n) is 5.79. The molecule has 1 rings (SSSR count). The molecular weight excluding hydrogens is 158 g/mol. The zero-order chi connectivity index (χ0) is 10.0. The summed E-state index contributed by atoms with van der Waals surface area (Å²) in [6.07, 6.45) is 4.13. The topological polar surface area (TPSA) is 3.24 Å². The van der Waals surface area contributed by atoms with Gasteiger partial charge in [0, 0.05) is 18.1 Å². The molecular formula is C12H25N. The van der Waals surface area contributed by atoms with Gasteiger partial charge in [0.1, 0.15) is 0 Å². The largest absolute Gasteiger partial charge is 0.295 e. The highest BCUT2D eigenvalue weighted by atomic mass is 15.2. The molecule has 0 spiro atoms. The number of hydrogen-bond donors (Lipinski definition) is 0. The van der Waals surface area contributed by atoms with Gasteiger partial charge in [-0.25, -0.2) is 0 Å². The van der Waals surface area contributed by atoms with Crippen LogP contribution < -0.4 is 0 Å². The maximum absolute atomic E-state index is 2.71. The van der Waals surface area contributed by atoms with Crippen LogP contribution in [0.15, 0.2) is 0 Å². The van der Waals surface area contributed by atoms with Crippen LogP contribution >= 0.6 is 0 Å². The van der Waals surface area contributed by atoms with Crippen molar-refractivity contribution in [1.82, 2.24) is 4.90 Å². The minimum atomic E-state index is 0.771. The lowest BCUT2D eigenvalue weighted by Gasteiger charge is -2.33. The Bertz CT molecular complexity index is 143. The third-order valence-electron chi connectivity index (χ3n) is 3.34. The molecule has 1 aliphatic rings. The molecule has 0 aromatic rings. The summed E-state index contributed by atoms with van der Waals surface area (Å²) in [5.41, 5.74) is 0. The summed E-state index contributed by atoms with van der Waals surface area (Å²) in [5, 5.41) is 0. The average Bonchev–Trinajstić information content (AvgIpc) is 2.29. The molecule has 1 heteroatoms. The van der Waals surface area contributed by atoms with Crippen LogP contribution in [0, 0.1) is 5.92 Å². The van der Waals surface area contributed by atoms with E-state index in [-0.39, 0.29) is 0 Å². The molecule has 3 unspecified atom stereocenters. The second kappa shape index (κ2) is 4.45. The molecule has 1 nitrogen and oxygen atoms in total. The molecule has 0 aromatic heterocycles. The van der Waals surface area contributed by atoms with Crippen molar-refractivity contribution in [2.24, 2.45) is 5.92 Å². The zero-order valence-corrected chi connectivity index (χ0v) is 9.88. The molecule has 0 aromatic carbocycles. The van der Waals surface area contributed by atoms with Crippen molar-refractivity contribution in [3.8, 4) is 0 Å². The second-order valence-corrected chi connectivity index (χ2v) is 5.20. The first kappa shape index (κ1) is 11.0. The van der Waals surface area contributed by atoms with E-state index in [1.165, 1.54) is 19.3 Å². The van der Waals surface area contributed by atoms with Gasteiger partial charge in [-0.05, 0) is 46.0 Å². The fourth-order valence-corrected chi connectivity index (χ4v) is 2.89. The molecule has 1 fully saturated rings. The van der Waals surface area contributed by atoms with Crippen molar-refractivity contribution < 1.29 is 0 Å². The first-order valence-corrected chi connectivity index (χ1v) is 5.79. The van der Waals surface area contributed by atoms with Gasteiger partial charge in [-0.1, -0.05) is 13.8 Å². The van der Waals surface area contributed by atoms with Crippen LogP contribution in [0.3, 0.4) is 0 Å². The van der Waals surface area contributed by atoms with Crippen molar-refractivity contribution in [1.29, 1.82) is 0 Å². The fourth-order valence-electron chi connectivity index (χ4n) is 2.89. The van der Waals surface area contributed by atoms with Gasteiger partial charge < -0.3 is 0 Å². The summed E-state index contributed by atoms with van der Waals surface area (Å²) in [6.45, 7) is 11.8. The highest BCUT2D eigenvalue weighted by Crippen LogP contribution is 2.28. The summed E-state index contributed by atoms with van der Waals surface area (Å²) >= 11 is 0. The minimum absolute atomic E-state index is 0.771. The Morgan fingerprint density at radius 3 is 1.92 bits per heavy atom. The summed E-state index contributed by atoms with van der Waals surface area (Å²) in [6, 6.07) is 2.39. The molecule has 0 amide bonds. The molecule has 3 atom stereocenters. The van der Waals surface area contributed by atoms with E-state index < -0.39 is 0 Å². The van der Waals surface area contributed by atoms with E-state index in [9.17, 15) is 0 Å². The highest BCUT2D eigenvalue weighted by molar-refractivity contribution is 4.86. The van der Waals surface area contributed by atoms with Crippen LogP contribution in [-0.2, 0) is 0 Å². The average molecular weight is 183 g/mol. The van der Waals surface area contributed by atoms with E-state index in [0.717, 1.165) is 24.0 Å². The van der Waals surface area contributed by atoms with Gasteiger partial charge in [0.15, 0.2) is 0 Å². The second-order valence-electron chi connectivity index (χ2n) is 5.20. The quantitative estimate of drug-likeness (QED) is 0.649. The minimum Gasteiger partial charge on any atom is -0.295 e.